The highest BCUT2D eigenvalue weighted by atomic mass is 19.1. The van der Waals surface area contributed by atoms with Gasteiger partial charge in [-0.15, -0.1) is 0 Å². The van der Waals surface area contributed by atoms with E-state index in [-0.39, 0.29) is 17.5 Å². The van der Waals surface area contributed by atoms with Crippen molar-refractivity contribution in [2.75, 3.05) is 45.9 Å². The van der Waals surface area contributed by atoms with Crippen LogP contribution in [-0.2, 0) is 19.4 Å². The number of aromatic hydroxyl groups is 1. The van der Waals surface area contributed by atoms with E-state index in [9.17, 15) is 5.11 Å². The standard InChI is InChI=1S/C33H43FN2O4/c1-7-36(21-23-8-13-31(29(34)16-23)40-15-14-35(4)22(2)3)30-20-33(39-6)32(38-5)19-28(30)26-10-9-25-18-27(37)12-11-24(25)17-26/h8,11-13,16,18-20,22,26,37H,7,9-10,14-15,17,21H2,1-6H3/t26-/m1/s1. The van der Waals surface area contributed by atoms with Crippen LogP contribution in [0.1, 0.15) is 55.4 Å². The number of fused-ring (bicyclic) bond motifs is 1. The number of nitrogens with zero attached hydrogens (tertiary/aromatic N) is 2. The molecule has 4 rings (SSSR count). The lowest BCUT2D eigenvalue weighted by Gasteiger charge is -2.32. The number of benzene rings is 3. The zero-order valence-corrected chi connectivity index (χ0v) is 24.7. The molecular weight excluding hydrogens is 507 g/mol. The Kier molecular flexibility index (Phi) is 9.80. The lowest BCUT2D eigenvalue weighted by molar-refractivity contribution is 0.204. The van der Waals surface area contributed by atoms with E-state index in [0.29, 0.717) is 36.4 Å². The summed E-state index contributed by atoms with van der Waals surface area (Å²) in [5.74, 6) is 1.89. The topological polar surface area (TPSA) is 54.4 Å². The summed E-state index contributed by atoms with van der Waals surface area (Å²) in [5, 5.41) is 9.93. The summed E-state index contributed by atoms with van der Waals surface area (Å²) >= 11 is 0. The Morgan fingerprint density at radius 3 is 2.40 bits per heavy atom. The van der Waals surface area contributed by atoms with Crippen molar-refractivity contribution >= 4 is 5.69 Å². The van der Waals surface area contributed by atoms with Crippen molar-refractivity contribution in [3.63, 3.8) is 0 Å². The molecule has 1 atom stereocenters. The second-order valence-corrected chi connectivity index (χ2v) is 10.9. The van der Waals surface area contributed by atoms with Crippen molar-refractivity contribution in [3.8, 4) is 23.0 Å². The van der Waals surface area contributed by atoms with E-state index < -0.39 is 0 Å². The summed E-state index contributed by atoms with van der Waals surface area (Å²) in [7, 11) is 5.34. The molecule has 40 heavy (non-hydrogen) atoms. The Hall–Kier alpha value is -3.45. The zero-order chi connectivity index (χ0) is 28.8. The number of anilines is 1. The monoisotopic (exact) mass is 550 g/mol. The molecule has 0 radical (unpaired) electrons. The van der Waals surface area contributed by atoms with Crippen LogP contribution in [0.3, 0.4) is 0 Å². The highest BCUT2D eigenvalue weighted by Crippen LogP contribution is 2.43. The van der Waals surface area contributed by atoms with E-state index >= 15 is 4.39 Å². The molecule has 0 amide bonds. The molecular formula is C33H43FN2O4. The molecule has 1 aliphatic carbocycles. The normalized spacial score (nSPS) is 14.8. The molecule has 0 unspecified atom stereocenters. The molecule has 0 aromatic heterocycles. The van der Waals surface area contributed by atoms with Gasteiger partial charge in [-0.05, 0) is 106 Å². The highest BCUT2D eigenvalue weighted by Gasteiger charge is 2.26. The number of phenolic OH excluding ortho intramolecular Hbond substituents is 1. The summed E-state index contributed by atoms with van der Waals surface area (Å²) < 4.78 is 32.1. The molecule has 0 saturated carbocycles. The van der Waals surface area contributed by atoms with Gasteiger partial charge in [-0.25, -0.2) is 4.39 Å². The van der Waals surface area contributed by atoms with E-state index in [2.05, 4.69) is 36.6 Å². The third-order valence-electron chi connectivity index (χ3n) is 8.07. The minimum atomic E-state index is -0.347. The molecule has 1 N–H and O–H groups in total. The van der Waals surface area contributed by atoms with Crippen LogP contribution in [0.25, 0.3) is 0 Å². The maximum atomic E-state index is 15.0. The summed E-state index contributed by atoms with van der Waals surface area (Å²) in [4.78, 5) is 4.43. The average molecular weight is 551 g/mol. The number of methoxy groups -OCH3 is 2. The SMILES string of the molecule is CCN(Cc1ccc(OCCN(C)C(C)C)c(F)c1)c1cc(OC)c(OC)cc1[C@@H]1CCc2cc(O)ccc2C1. The average Bonchev–Trinajstić information content (AvgIpc) is 2.95. The van der Waals surface area contributed by atoms with Crippen LogP contribution in [0.4, 0.5) is 10.1 Å². The number of hydrogen-bond donors (Lipinski definition) is 1. The molecule has 0 bridgehead atoms. The summed E-state index contributed by atoms with van der Waals surface area (Å²) in [6.45, 7) is 8.81. The van der Waals surface area contributed by atoms with E-state index in [0.717, 1.165) is 43.6 Å². The zero-order valence-electron chi connectivity index (χ0n) is 24.7. The molecule has 1 aliphatic rings. The summed E-state index contributed by atoms with van der Waals surface area (Å²) in [6, 6.07) is 15.5. The number of rotatable bonds is 12. The molecule has 3 aromatic rings. The summed E-state index contributed by atoms with van der Waals surface area (Å²) in [6.07, 6.45) is 2.74. The molecule has 216 valence electrons. The number of aryl methyl sites for hydroxylation is 1. The fourth-order valence-corrected chi connectivity index (χ4v) is 5.40. The van der Waals surface area contributed by atoms with Crippen LogP contribution in [0.2, 0.25) is 0 Å². The lowest BCUT2D eigenvalue weighted by atomic mass is 9.79. The van der Waals surface area contributed by atoms with E-state index in [1.165, 1.54) is 16.7 Å². The lowest BCUT2D eigenvalue weighted by Crippen LogP contribution is -2.30. The smallest absolute Gasteiger partial charge is 0.165 e. The van der Waals surface area contributed by atoms with Crippen molar-refractivity contribution in [2.24, 2.45) is 0 Å². The minimum absolute atomic E-state index is 0.275. The Labute approximate surface area is 238 Å². The quantitative estimate of drug-likeness (QED) is 0.275. The largest absolute Gasteiger partial charge is 0.508 e. The molecule has 7 heteroatoms. The molecule has 3 aromatic carbocycles. The van der Waals surface area contributed by atoms with Crippen LogP contribution in [0, 0.1) is 5.82 Å². The Balaban J connectivity index is 1.59. The third-order valence-corrected chi connectivity index (χ3v) is 8.07. The predicted molar refractivity (Wildman–Crippen MR) is 159 cm³/mol. The third kappa shape index (κ3) is 6.81. The number of hydrogen-bond acceptors (Lipinski definition) is 6. The summed E-state index contributed by atoms with van der Waals surface area (Å²) in [5.41, 5.74) is 5.59. The van der Waals surface area contributed by atoms with Gasteiger partial charge in [-0.1, -0.05) is 12.1 Å². The first kappa shape index (κ1) is 29.5. The second-order valence-electron chi connectivity index (χ2n) is 10.9. The van der Waals surface area contributed by atoms with Gasteiger partial charge in [0.2, 0.25) is 0 Å². The van der Waals surface area contributed by atoms with Gasteiger partial charge in [-0.3, -0.25) is 0 Å². The van der Waals surface area contributed by atoms with Crippen molar-refractivity contribution in [3.05, 3.63) is 76.6 Å². The second kappa shape index (κ2) is 13.3. The van der Waals surface area contributed by atoms with Gasteiger partial charge >= 0.3 is 0 Å². The van der Waals surface area contributed by atoms with Gasteiger partial charge in [0.1, 0.15) is 12.4 Å². The van der Waals surface area contributed by atoms with Gasteiger partial charge in [0, 0.05) is 37.4 Å². The van der Waals surface area contributed by atoms with Crippen LogP contribution in [0.15, 0.2) is 48.5 Å². The first-order chi connectivity index (χ1) is 19.2. The fraction of sp³-hybridized carbons (Fsp3) is 0.455. The first-order valence-electron chi connectivity index (χ1n) is 14.2. The van der Waals surface area contributed by atoms with Gasteiger partial charge < -0.3 is 29.1 Å². The number of halogens is 1. The van der Waals surface area contributed by atoms with Gasteiger partial charge in [0.25, 0.3) is 0 Å². The van der Waals surface area contributed by atoms with Gasteiger partial charge in [0.15, 0.2) is 23.1 Å². The molecule has 0 saturated heterocycles. The van der Waals surface area contributed by atoms with E-state index in [1.807, 2.05) is 31.3 Å². The van der Waals surface area contributed by atoms with Crippen LogP contribution >= 0.6 is 0 Å². The number of ether oxygens (including phenoxy) is 3. The molecule has 0 fully saturated rings. The van der Waals surface area contributed by atoms with Crippen molar-refractivity contribution in [2.45, 2.75) is 58.5 Å². The fourth-order valence-electron chi connectivity index (χ4n) is 5.40. The van der Waals surface area contributed by atoms with Crippen molar-refractivity contribution < 1.29 is 23.7 Å². The first-order valence-corrected chi connectivity index (χ1v) is 14.2. The predicted octanol–water partition coefficient (Wildman–Crippen LogP) is 6.57. The molecule has 6 nitrogen and oxygen atoms in total. The Morgan fingerprint density at radius 2 is 1.73 bits per heavy atom. The van der Waals surface area contributed by atoms with E-state index in [1.54, 1.807) is 32.4 Å². The van der Waals surface area contributed by atoms with Crippen LogP contribution in [-0.4, -0.2) is 57.0 Å². The number of likely N-dealkylation sites (N-methyl/N-ethyl adjacent to an activating group) is 1. The Morgan fingerprint density at radius 1 is 0.975 bits per heavy atom. The molecule has 0 aliphatic heterocycles. The van der Waals surface area contributed by atoms with Crippen molar-refractivity contribution in [1.29, 1.82) is 0 Å². The van der Waals surface area contributed by atoms with Crippen LogP contribution < -0.4 is 19.1 Å². The van der Waals surface area contributed by atoms with Crippen molar-refractivity contribution in [1.82, 2.24) is 4.90 Å². The minimum Gasteiger partial charge on any atom is -0.508 e. The van der Waals surface area contributed by atoms with Crippen LogP contribution in [0.5, 0.6) is 23.0 Å². The Bertz CT molecular complexity index is 1300. The maximum Gasteiger partial charge on any atom is 0.165 e. The van der Waals surface area contributed by atoms with Gasteiger partial charge in [-0.2, -0.15) is 0 Å². The van der Waals surface area contributed by atoms with Gasteiger partial charge in [0.05, 0.1) is 14.2 Å². The maximum absolute atomic E-state index is 15.0. The molecule has 0 heterocycles. The number of phenols is 1. The van der Waals surface area contributed by atoms with E-state index in [4.69, 9.17) is 14.2 Å². The highest BCUT2D eigenvalue weighted by molar-refractivity contribution is 5.64. The molecule has 0 spiro atoms.